The molecule has 4 aromatic rings. The van der Waals surface area contributed by atoms with E-state index in [0.717, 1.165) is 16.5 Å². The van der Waals surface area contributed by atoms with Crippen LogP contribution in [0, 0.1) is 10.1 Å². The van der Waals surface area contributed by atoms with Gasteiger partial charge in [-0.2, -0.15) is 0 Å². The number of nitrogens with zero attached hydrogens (tertiary/aromatic N) is 5. The number of hydrogen-bond acceptors (Lipinski definition) is 9. The van der Waals surface area contributed by atoms with Crippen molar-refractivity contribution in [2.75, 3.05) is 46.3 Å². The van der Waals surface area contributed by atoms with E-state index < -0.39 is 11.0 Å². The van der Waals surface area contributed by atoms with Crippen molar-refractivity contribution < 1.29 is 19.1 Å². The molecular weight excluding hydrogens is 524 g/mol. The van der Waals surface area contributed by atoms with E-state index >= 15 is 0 Å². The molecule has 11 nitrogen and oxygen atoms in total. The minimum Gasteiger partial charge on any atom is -0.494 e. The second kappa shape index (κ2) is 12.3. The third-order valence-corrected chi connectivity index (χ3v) is 6.27. The highest BCUT2D eigenvalue weighted by Crippen LogP contribution is 2.40. The van der Waals surface area contributed by atoms with E-state index in [1.165, 1.54) is 25.4 Å². The number of nitrogens with one attached hydrogen (secondary N) is 1. The summed E-state index contributed by atoms with van der Waals surface area (Å²) in [5, 5.41) is 16.4. The van der Waals surface area contributed by atoms with Gasteiger partial charge in [-0.3, -0.25) is 10.1 Å². The Morgan fingerprint density at radius 3 is 2.69 bits per heavy atom. The topological polar surface area (TPSA) is 117 Å². The summed E-state index contributed by atoms with van der Waals surface area (Å²) < 4.78 is 19.1. The van der Waals surface area contributed by atoms with Crippen LogP contribution < -0.4 is 14.8 Å². The van der Waals surface area contributed by atoms with Gasteiger partial charge >= 0.3 is 5.69 Å². The zero-order chi connectivity index (χ0) is 28.1. The van der Waals surface area contributed by atoms with Crippen LogP contribution in [0.2, 0.25) is 5.02 Å². The number of ether oxygens (including phenoxy) is 3. The molecule has 0 aliphatic heterocycles. The Bertz CT molecular complexity index is 1470. The standard InChI is InChI=1S/C27H31ClN6O5/c1-6-38-16-17(14-32(2)3)39-25-12-24(37-5)21(11-23(25)34(35)36)30-27-29-13-20(28)26(31-27)19-15-33(4)22-10-8-7-9-18(19)22/h7-13,15,17H,6,14,16H2,1-5H3,(H,29,30,31). The Morgan fingerprint density at radius 2 is 2.00 bits per heavy atom. The predicted molar refractivity (Wildman–Crippen MR) is 151 cm³/mol. The summed E-state index contributed by atoms with van der Waals surface area (Å²) in [6.07, 6.45) is 3.02. The van der Waals surface area contributed by atoms with Gasteiger partial charge in [0.15, 0.2) is 0 Å². The molecule has 2 aromatic heterocycles. The van der Waals surface area contributed by atoms with Gasteiger partial charge in [0.25, 0.3) is 0 Å². The normalized spacial score (nSPS) is 12.1. The summed E-state index contributed by atoms with van der Waals surface area (Å²) >= 11 is 6.50. The van der Waals surface area contributed by atoms with Crippen molar-refractivity contribution in [3.05, 3.63) is 63.9 Å². The fourth-order valence-electron chi connectivity index (χ4n) is 4.28. The van der Waals surface area contributed by atoms with E-state index in [4.69, 9.17) is 25.8 Å². The molecule has 0 saturated heterocycles. The van der Waals surface area contributed by atoms with Crippen LogP contribution in [0.15, 0.2) is 48.8 Å². The fraction of sp³-hybridized carbons (Fsp3) is 0.333. The fourth-order valence-corrected chi connectivity index (χ4v) is 4.47. The van der Waals surface area contributed by atoms with E-state index in [1.54, 1.807) is 0 Å². The van der Waals surface area contributed by atoms with Crippen LogP contribution in [0.25, 0.3) is 22.2 Å². The molecule has 0 bridgehead atoms. The molecule has 2 heterocycles. The molecule has 0 amide bonds. The largest absolute Gasteiger partial charge is 0.494 e. The number of nitro benzene ring substituents is 1. The van der Waals surface area contributed by atoms with Crippen LogP contribution in [-0.2, 0) is 11.8 Å². The number of aromatic nitrogens is 3. The quantitative estimate of drug-likeness (QED) is 0.184. The summed E-state index contributed by atoms with van der Waals surface area (Å²) in [5.41, 5.74) is 2.47. The van der Waals surface area contributed by atoms with Gasteiger partial charge < -0.3 is 29.0 Å². The van der Waals surface area contributed by atoms with Gasteiger partial charge in [-0.25, -0.2) is 9.97 Å². The van der Waals surface area contributed by atoms with Crippen molar-refractivity contribution in [2.24, 2.45) is 7.05 Å². The molecule has 1 N–H and O–H groups in total. The molecule has 0 radical (unpaired) electrons. The Morgan fingerprint density at radius 1 is 1.23 bits per heavy atom. The van der Waals surface area contributed by atoms with Gasteiger partial charge in [0, 0.05) is 55.0 Å². The Labute approximate surface area is 231 Å². The van der Waals surface area contributed by atoms with E-state index in [1.807, 2.05) is 68.0 Å². The van der Waals surface area contributed by atoms with Crippen molar-refractivity contribution in [3.8, 4) is 22.8 Å². The number of aryl methyl sites for hydroxylation is 1. The zero-order valence-electron chi connectivity index (χ0n) is 22.5. The highest BCUT2D eigenvalue weighted by Gasteiger charge is 2.25. The van der Waals surface area contributed by atoms with Crippen LogP contribution in [0.3, 0.4) is 0 Å². The van der Waals surface area contributed by atoms with Crippen molar-refractivity contribution in [3.63, 3.8) is 0 Å². The smallest absolute Gasteiger partial charge is 0.313 e. The molecule has 2 aromatic carbocycles. The lowest BCUT2D eigenvalue weighted by molar-refractivity contribution is -0.386. The van der Waals surface area contributed by atoms with Crippen LogP contribution in [0.1, 0.15) is 6.92 Å². The molecule has 0 aliphatic carbocycles. The second-order valence-corrected chi connectivity index (χ2v) is 9.53. The molecule has 206 valence electrons. The number of nitro groups is 1. The molecule has 1 atom stereocenters. The molecule has 0 aliphatic rings. The van der Waals surface area contributed by atoms with Crippen molar-refractivity contribution in [1.82, 2.24) is 19.4 Å². The molecule has 39 heavy (non-hydrogen) atoms. The van der Waals surface area contributed by atoms with Gasteiger partial charge in [0.2, 0.25) is 11.7 Å². The number of para-hydroxylation sites is 1. The van der Waals surface area contributed by atoms with Gasteiger partial charge in [-0.15, -0.1) is 0 Å². The lowest BCUT2D eigenvalue weighted by atomic mass is 10.1. The highest BCUT2D eigenvalue weighted by molar-refractivity contribution is 6.33. The first-order valence-corrected chi connectivity index (χ1v) is 12.7. The number of methoxy groups -OCH3 is 1. The van der Waals surface area contributed by atoms with Gasteiger partial charge in [-0.05, 0) is 27.1 Å². The number of halogens is 1. The minimum atomic E-state index is -0.502. The SMILES string of the molecule is CCOCC(CN(C)C)Oc1cc(OC)c(Nc2ncc(Cl)c(-c3cn(C)c4ccccc34)n2)cc1[N+](=O)[O-]. The molecule has 4 rings (SSSR count). The van der Waals surface area contributed by atoms with Crippen LogP contribution in [-0.4, -0.2) is 71.4 Å². The monoisotopic (exact) mass is 554 g/mol. The Balaban J connectivity index is 1.70. The maximum Gasteiger partial charge on any atom is 0.313 e. The van der Waals surface area contributed by atoms with Crippen LogP contribution in [0.4, 0.5) is 17.3 Å². The van der Waals surface area contributed by atoms with Crippen LogP contribution >= 0.6 is 11.6 Å². The summed E-state index contributed by atoms with van der Waals surface area (Å²) in [4.78, 5) is 22.4. The van der Waals surface area contributed by atoms with Crippen molar-refractivity contribution in [2.45, 2.75) is 13.0 Å². The first-order chi connectivity index (χ1) is 18.7. The van der Waals surface area contributed by atoms with Gasteiger partial charge in [0.1, 0.15) is 11.9 Å². The summed E-state index contributed by atoms with van der Waals surface area (Å²) in [6.45, 7) is 3.17. The lowest BCUT2D eigenvalue weighted by Crippen LogP contribution is -2.34. The maximum atomic E-state index is 12.0. The first-order valence-electron chi connectivity index (χ1n) is 12.3. The predicted octanol–water partition coefficient (Wildman–Crippen LogP) is 5.29. The van der Waals surface area contributed by atoms with Crippen LogP contribution in [0.5, 0.6) is 11.5 Å². The Kier molecular flexibility index (Phi) is 8.85. The number of anilines is 2. The van der Waals surface area contributed by atoms with Gasteiger partial charge in [-0.1, -0.05) is 29.8 Å². The number of fused-ring (bicyclic) bond motifs is 1. The number of benzene rings is 2. The van der Waals surface area contributed by atoms with E-state index in [-0.39, 0.29) is 24.0 Å². The van der Waals surface area contributed by atoms with Crippen molar-refractivity contribution in [1.29, 1.82) is 0 Å². The summed E-state index contributed by atoms with van der Waals surface area (Å²) in [6, 6.07) is 10.8. The molecule has 0 fully saturated rings. The average Bonchev–Trinajstić information content (AvgIpc) is 3.24. The first kappa shape index (κ1) is 28.1. The lowest BCUT2D eigenvalue weighted by Gasteiger charge is -2.23. The third kappa shape index (κ3) is 6.39. The highest BCUT2D eigenvalue weighted by atomic mass is 35.5. The van der Waals surface area contributed by atoms with E-state index in [2.05, 4.69) is 15.3 Å². The molecular formula is C27H31ClN6O5. The zero-order valence-corrected chi connectivity index (χ0v) is 23.2. The third-order valence-electron chi connectivity index (χ3n) is 5.99. The number of hydrogen-bond donors (Lipinski definition) is 1. The van der Waals surface area contributed by atoms with E-state index in [9.17, 15) is 10.1 Å². The molecule has 0 saturated carbocycles. The van der Waals surface area contributed by atoms with Crippen molar-refractivity contribution >= 4 is 39.8 Å². The van der Waals surface area contributed by atoms with Gasteiger partial charge in [0.05, 0.1) is 41.2 Å². The second-order valence-electron chi connectivity index (χ2n) is 9.12. The molecule has 0 spiro atoms. The maximum absolute atomic E-state index is 12.0. The summed E-state index contributed by atoms with van der Waals surface area (Å²) in [7, 11) is 7.20. The summed E-state index contributed by atoms with van der Waals surface area (Å²) in [5.74, 6) is 0.591. The van der Waals surface area contributed by atoms with E-state index in [0.29, 0.717) is 35.3 Å². The minimum absolute atomic E-state index is 0.0717. The number of likely N-dealkylation sites (N-methyl/N-ethyl adjacent to an activating group) is 1. The Hall–Kier alpha value is -3.93. The molecule has 1 unspecified atom stereocenters. The number of rotatable bonds is 12. The average molecular weight is 555 g/mol. The molecule has 12 heteroatoms.